The maximum absolute atomic E-state index is 9.85. The van der Waals surface area contributed by atoms with E-state index in [1.807, 2.05) is 18.2 Å². The summed E-state index contributed by atoms with van der Waals surface area (Å²) in [6.07, 6.45) is 0. The molecule has 0 aromatic heterocycles. The van der Waals surface area contributed by atoms with E-state index in [9.17, 15) is 15.3 Å². The molecule has 2 rings (SSSR count). The van der Waals surface area contributed by atoms with Crippen molar-refractivity contribution in [3.63, 3.8) is 0 Å². The van der Waals surface area contributed by atoms with E-state index in [2.05, 4.69) is 31.3 Å². The molecule has 0 spiro atoms. The average Bonchev–Trinajstić information content (AvgIpc) is 2.48. The summed E-state index contributed by atoms with van der Waals surface area (Å²) < 4.78 is 0. The van der Waals surface area contributed by atoms with Crippen molar-refractivity contribution in [2.75, 3.05) is 0 Å². The van der Waals surface area contributed by atoms with Gasteiger partial charge >= 0.3 is 0 Å². The van der Waals surface area contributed by atoms with Crippen LogP contribution < -0.4 is 5.32 Å². The number of aromatic hydroxyl groups is 3. The van der Waals surface area contributed by atoms with Gasteiger partial charge in [-0.2, -0.15) is 0 Å². The quantitative estimate of drug-likeness (QED) is 0.637. The molecule has 2 aromatic rings. The fourth-order valence-corrected chi connectivity index (χ4v) is 2.37. The first-order valence-corrected chi connectivity index (χ1v) is 7.01. The van der Waals surface area contributed by atoms with Crippen LogP contribution in [0.1, 0.15) is 31.0 Å². The first kappa shape index (κ1) is 15.2. The van der Waals surface area contributed by atoms with E-state index in [0.717, 1.165) is 0 Å². The minimum Gasteiger partial charge on any atom is -0.504 e. The third kappa shape index (κ3) is 3.47. The van der Waals surface area contributed by atoms with Gasteiger partial charge in [0.1, 0.15) is 0 Å². The molecule has 1 atom stereocenters. The third-order valence-corrected chi connectivity index (χ3v) is 3.55. The number of rotatable bonds is 5. The largest absolute Gasteiger partial charge is 0.504 e. The van der Waals surface area contributed by atoms with Gasteiger partial charge in [0, 0.05) is 18.2 Å². The molecule has 0 aliphatic rings. The molecule has 4 nitrogen and oxygen atoms in total. The maximum atomic E-state index is 9.85. The number of nitrogens with one attached hydrogen (secondary N) is 1. The minimum atomic E-state index is -0.477. The summed E-state index contributed by atoms with van der Waals surface area (Å²) in [7, 11) is 0. The van der Waals surface area contributed by atoms with Crippen LogP contribution in [0.15, 0.2) is 42.5 Å². The van der Waals surface area contributed by atoms with Crippen molar-refractivity contribution in [2.24, 2.45) is 5.92 Å². The monoisotopic (exact) mass is 287 g/mol. The van der Waals surface area contributed by atoms with Crippen LogP contribution in [0, 0.1) is 5.92 Å². The van der Waals surface area contributed by atoms with Gasteiger partial charge in [0.15, 0.2) is 11.5 Å². The second-order valence-corrected chi connectivity index (χ2v) is 5.45. The molecular weight excluding hydrogens is 266 g/mol. The molecule has 0 aliphatic heterocycles. The van der Waals surface area contributed by atoms with E-state index >= 15 is 0 Å². The molecular formula is C17H21NO3. The third-order valence-electron chi connectivity index (χ3n) is 3.55. The second-order valence-electron chi connectivity index (χ2n) is 5.45. The molecule has 0 fully saturated rings. The standard InChI is InChI=1S/C17H21NO3/c1-11(2)15(12-6-4-3-5-7-12)18-10-13-8-9-14(19)17(21)16(13)20/h3-9,11,15,18-21H,10H2,1-2H3. The number of phenols is 3. The lowest BCUT2D eigenvalue weighted by Gasteiger charge is -2.23. The molecule has 4 heteroatoms. The van der Waals surface area contributed by atoms with E-state index in [0.29, 0.717) is 18.0 Å². The first-order chi connectivity index (χ1) is 10.0. The first-order valence-electron chi connectivity index (χ1n) is 7.01. The minimum absolute atomic E-state index is 0.140. The Morgan fingerprint density at radius 2 is 1.57 bits per heavy atom. The van der Waals surface area contributed by atoms with Crippen LogP contribution in [0.2, 0.25) is 0 Å². The molecule has 0 bridgehead atoms. The van der Waals surface area contributed by atoms with Crippen LogP contribution in [0.25, 0.3) is 0 Å². The Kier molecular flexibility index (Phi) is 4.70. The molecule has 2 aromatic carbocycles. The van der Waals surface area contributed by atoms with Crippen LogP contribution >= 0.6 is 0 Å². The summed E-state index contributed by atoms with van der Waals surface area (Å²) in [4.78, 5) is 0. The Morgan fingerprint density at radius 1 is 0.905 bits per heavy atom. The Bertz CT molecular complexity index is 596. The number of phenolic OH excluding ortho intramolecular Hbond substituents is 3. The molecule has 1 unspecified atom stereocenters. The number of hydrogen-bond donors (Lipinski definition) is 4. The van der Waals surface area contributed by atoms with Gasteiger partial charge in [-0.15, -0.1) is 0 Å². The lowest BCUT2D eigenvalue weighted by Crippen LogP contribution is -2.25. The predicted octanol–water partition coefficient (Wildman–Crippen LogP) is 3.29. The Morgan fingerprint density at radius 3 is 2.19 bits per heavy atom. The topological polar surface area (TPSA) is 72.7 Å². The van der Waals surface area contributed by atoms with Crippen LogP contribution in [0.3, 0.4) is 0 Å². The average molecular weight is 287 g/mol. The number of benzene rings is 2. The lowest BCUT2D eigenvalue weighted by molar-refractivity contribution is 0.359. The van der Waals surface area contributed by atoms with Gasteiger partial charge in [0.25, 0.3) is 0 Å². The molecule has 112 valence electrons. The van der Waals surface area contributed by atoms with Gasteiger partial charge in [-0.1, -0.05) is 50.2 Å². The predicted molar refractivity (Wildman–Crippen MR) is 82.3 cm³/mol. The van der Waals surface area contributed by atoms with Crippen LogP contribution in [0.5, 0.6) is 17.2 Å². The maximum Gasteiger partial charge on any atom is 0.200 e. The summed E-state index contributed by atoms with van der Waals surface area (Å²) in [6.45, 7) is 4.65. The highest BCUT2D eigenvalue weighted by molar-refractivity contribution is 5.53. The highest BCUT2D eigenvalue weighted by Gasteiger charge is 2.17. The van der Waals surface area contributed by atoms with Gasteiger partial charge in [0.2, 0.25) is 5.75 Å². The van der Waals surface area contributed by atoms with E-state index in [-0.39, 0.29) is 17.5 Å². The van der Waals surface area contributed by atoms with Gasteiger partial charge in [0.05, 0.1) is 0 Å². The normalized spacial score (nSPS) is 12.5. The lowest BCUT2D eigenvalue weighted by atomic mass is 9.96. The van der Waals surface area contributed by atoms with Crippen molar-refractivity contribution >= 4 is 0 Å². The van der Waals surface area contributed by atoms with Gasteiger partial charge in [-0.05, 0) is 17.5 Å². The van der Waals surface area contributed by atoms with E-state index in [4.69, 9.17) is 0 Å². The Labute approximate surface area is 124 Å². The van der Waals surface area contributed by atoms with Crippen molar-refractivity contribution in [1.29, 1.82) is 0 Å². The highest BCUT2D eigenvalue weighted by atomic mass is 16.3. The summed E-state index contributed by atoms with van der Waals surface area (Å²) in [5, 5.41) is 32.1. The summed E-state index contributed by atoms with van der Waals surface area (Å²) >= 11 is 0. The zero-order valence-electron chi connectivity index (χ0n) is 12.2. The molecule has 0 saturated heterocycles. The van der Waals surface area contributed by atoms with Crippen molar-refractivity contribution in [2.45, 2.75) is 26.4 Å². The summed E-state index contributed by atoms with van der Waals surface area (Å²) in [5.41, 5.74) is 1.72. The van der Waals surface area contributed by atoms with Crippen LogP contribution in [-0.4, -0.2) is 15.3 Å². The molecule has 0 saturated carbocycles. The van der Waals surface area contributed by atoms with Crippen molar-refractivity contribution in [3.8, 4) is 17.2 Å². The van der Waals surface area contributed by atoms with Crippen molar-refractivity contribution in [3.05, 3.63) is 53.6 Å². The van der Waals surface area contributed by atoms with Crippen LogP contribution in [0.4, 0.5) is 0 Å². The molecule has 0 heterocycles. The van der Waals surface area contributed by atoms with E-state index < -0.39 is 5.75 Å². The second kappa shape index (κ2) is 6.50. The van der Waals surface area contributed by atoms with Gasteiger partial charge in [-0.3, -0.25) is 0 Å². The SMILES string of the molecule is CC(C)C(NCc1ccc(O)c(O)c1O)c1ccccc1. The smallest absolute Gasteiger partial charge is 0.200 e. The molecule has 0 radical (unpaired) electrons. The Hall–Kier alpha value is -2.20. The summed E-state index contributed by atoms with van der Waals surface area (Å²) in [6, 6.07) is 13.2. The molecule has 0 amide bonds. The van der Waals surface area contributed by atoms with Gasteiger partial charge < -0.3 is 20.6 Å². The fourth-order valence-electron chi connectivity index (χ4n) is 2.37. The fraction of sp³-hybridized carbons (Fsp3) is 0.294. The van der Waals surface area contributed by atoms with Crippen molar-refractivity contribution < 1.29 is 15.3 Å². The molecule has 0 aliphatic carbocycles. The van der Waals surface area contributed by atoms with E-state index in [1.54, 1.807) is 6.07 Å². The highest BCUT2D eigenvalue weighted by Crippen LogP contribution is 2.37. The van der Waals surface area contributed by atoms with Gasteiger partial charge in [-0.25, -0.2) is 0 Å². The number of hydrogen-bond acceptors (Lipinski definition) is 4. The summed E-state index contributed by atoms with van der Waals surface area (Å²) in [5.74, 6) is -0.701. The molecule has 21 heavy (non-hydrogen) atoms. The molecule has 4 N–H and O–H groups in total. The zero-order valence-corrected chi connectivity index (χ0v) is 12.2. The zero-order chi connectivity index (χ0) is 15.4. The Balaban J connectivity index is 2.15. The van der Waals surface area contributed by atoms with E-state index in [1.165, 1.54) is 11.6 Å². The van der Waals surface area contributed by atoms with Crippen LogP contribution in [-0.2, 0) is 6.54 Å². The van der Waals surface area contributed by atoms with Crippen molar-refractivity contribution in [1.82, 2.24) is 5.32 Å².